The van der Waals surface area contributed by atoms with E-state index in [9.17, 15) is 18.3 Å². The molecule has 0 saturated carbocycles. The van der Waals surface area contributed by atoms with Crippen molar-refractivity contribution < 1.29 is 18.3 Å². The lowest BCUT2D eigenvalue weighted by Gasteiger charge is -2.36. The van der Waals surface area contributed by atoms with Gasteiger partial charge in [-0.15, -0.1) is 0 Å². The summed E-state index contributed by atoms with van der Waals surface area (Å²) in [5.74, 6) is -1.13. The van der Waals surface area contributed by atoms with Crippen LogP contribution in [0.4, 0.5) is 0 Å². The highest BCUT2D eigenvalue weighted by Gasteiger charge is 2.46. The van der Waals surface area contributed by atoms with Crippen molar-refractivity contribution in [2.24, 2.45) is 0 Å². The van der Waals surface area contributed by atoms with Gasteiger partial charge in [-0.2, -0.15) is 4.31 Å². The summed E-state index contributed by atoms with van der Waals surface area (Å²) in [6.45, 7) is 1.94. The van der Waals surface area contributed by atoms with Gasteiger partial charge in [0, 0.05) is 22.6 Å². The van der Waals surface area contributed by atoms with Crippen molar-refractivity contribution >= 4 is 39.2 Å². The highest BCUT2D eigenvalue weighted by atomic mass is 35.5. The molecule has 0 radical (unpaired) electrons. The molecule has 1 aromatic rings. The molecule has 3 rings (SSSR count). The van der Waals surface area contributed by atoms with E-state index in [0.29, 0.717) is 6.42 Å². The fourth-order valence-corrected chi connectivity index (χ4v) is 5.42. The summed E-state index contributed by atoms with van der Waals surface area (Å²) >= 11 is 11.8. The van der Waals surface area contributed by atoms with Crippen molar-refractivity contribution in [1.29, 1.82) is 0 Å². The Morgan fingerprint density at radius 3 is 2.26 bits per heavy atom. The van der Waals surface area contributed by atoms with Crippen molar-refractivity contribution in [2.45, 2.75) is 29.8 Å². The van der Waals surface area contributed by atoms with Gasteiger partial charge in [-0.3, -0.25) is 9.69 Å². The van der Waals surface area contributed by atoms with Crippen LogP contribution >= 0.6 is 23.2 Å². The summed E-state index contributed by atoms with van der Waals surface area (Å²) in [5.41, 5.74) is 0. The molecule has 6 nitrogen and oxygen atoms in total. The topological polar surface area (TPSA) is 77.9 Å². The SMILES string of the molecule is O=C(O)C1C[C@@H](N2CCC2)CN1S(=O)(=O)c1cc(Cl)cc(Cl)c1. The van der Waals surface area contributed by atoms with Crippen molar-refractivity contribution in [3.05, 3.63) is 28.2 Å². The van der Waals surface area contributed by atoms with Crippen LogP contribution in [-0.4, -0.2) is 60.4 Å². The first kappa shape index (κ1) is 17.0. The zero-order chi connectivity index (χ0) is 16.8. The smallest absolute Gasteiger partial charge is 0.322 e. The molecule has 126 valence electrons. The lowest BCUT2D eigenvalue weighted by molar-refractivity contribution is -0.140. The molecular weight excluding hydrogens is 363 g/mol. The van der Waals surface area contributed by atoms with Gasteiger partial charge in [-0.1, -0.05) is 23.2 Å². The molecule has 2 saturated heterocycles. The third kappa shape index (κ3) is 3.21. The van der Waals surface area contributed by atoms with Crippen molar-refractivity contribution in [3.8, 4) is 0 Å². The molecule has 0 aromatic heterocycles. The number of nitrogens with zero attached hydrogens (tertiary/aromatic N) is 2. The van der Waals surface area contributed by atoms with Gasteiger partial charge in [0.1, 0.15) is 6.04 Å². The highest BCUT2D eigenvalue weighted by Crippen LogP contribution is 2.32. The fraction of sp³-hybridized carbons (Fsp3) is 0.500. The second-order valence-electron chi connectivity index (χ2n) is 5.81. The summed E-state index contributed by atoms with van der Waals surface area (Å²) in [6.07, 6.45) is 1.35. The Balaban J connectivity index is 1.94. The molecule has 0 amide bonds. The second kappa shape index (κ2) is 6.22. The van der Waals surface area contributed by atoms with Gasteiger partial charge in [-0.05, 0) is 44.1 Å². The molecule has 23 heavy (non-hydrogen) atoms. The van der Waals surface area contributed by atoms with Gasteiger partial charge < -0.3 is 5.11 Å². The number of aliphatic carboxylic acids is 1. The van der Waals surface area contributed by atoms with Crippen molar-refractivity contribution in [2.75, 3.05) is 19.6 Å². The first-order valence-electron chi connectivity index (χ1n) is 7.24. The van der Waals surface area contributed by atoms with E-state index in [-0.39, 0.29) is 27.5 Å². The van der Waals surface area contributed by atoms with E-state index in [1.165, 1.54) is 18.2 Å². The normalized spacial score (nSPS) is 26.2. The molecule has 0 bridgehead atoms. The van der Waals surface area contributed by atoms with E-state index >= 15 is 0 Å². The molecule has 2 fully saturated rings. The van der Waals surface area contributed by atoms with Gasteiger partial charge in [0.2, 0.25) is 10.0 Å². The van der Waals surface area contributed by atoms with Crippen LogP contribution in [0.15, 0.2) is 23.1 Å². The standard InChI is InChI=1S/C14H16Cl2N2O4S/c15-9-4-10(16)6-12(5-9)23(21,22)18-8-11(17-2-1-3-17)7-13(18)14(19)20/h4-6,11,13H,1-3,7-8H2,(H,19,20)/t11-,13?/m1/s1. The van der Waals surface area contributed by atoms with E-state index in [1.807, 2.05) is 0 Å². The summed E-state index contributed by atoms with van der Waals surface area (Å²) in [4.78, 5) is 13.6. The Labute approximate surface area is 144 Å². The predicted octanol–water partition coefficient (Wildman–Crippen LogP) is 1.92. The lowest BCUT2D eigenvalue weighted by Crippen LogP contribution is -2.46. The number of likely N-dealkylation sites (tertiary alicyclic amines) is 1. The summed E-state index contributed by atoms with van der Waals surface area (Å²) in [7, 11) is -3.97. The van der Waals surface area contributed by atoms with Gasteiger partial charge in [0.05, 0.1) is 4.90 Å². The van der Waals surface area contributed by atoms with Crippen LogP contribution < -0.4 is 0 Å². The van der Waals surface area contributed by atoms with Crippen LogP contribution in [0.3, 0.4) is 0 Å². The number of rotatable bonds is 4. The summed E-state index contributed by atoms with van der Waals surface area (Å²) < 4.78 is 26.8. The molecule has 0 aliphatic carbocycles. The quantitative estimate of drug-likeness (QED) is 0.865. The molecule has 2 aliphatic heterocycles. The predicted molar refractivity (Wildman–Crippen MR) is 86.4 cm³/mol. The maximum absolute atomic E-state index is 12.9. The highest BCUT2D eigenvalue weighted by molar-refractivity contribution is 7.89. The van der Waals surface area contributed by atoms with Crippen LogP contribution in [-0.2, 0) is 14.8 Å². The summed E-state index contributed by atoms with van der Waals surface area (Å²) in [5, 5.41) is 9.81. The second-order valence-corrected chi connectivity index (χ2v) is 8.58. The van der Waals surface area contributed by atoms with Gasteiger partial charge in [-0.25, -0.2) is 8.42 Å². The zero-order valence-corrected chi connectivity index (χ0v) is 14.5. The van der Waals surface area contributed by atoms with Gasteiger partial charge in [0.25, 0.3) is 0 Å². The Bertz CT molecular complexity index is 716. The number of carbonyl (C=O) groups is 1. The number of carboxylic acid groups (broad SMARTS) is 1. The Morgan fingerprint density at radius 2 is 1.78 bits per heavy atom. The molecule has 2 atom stereocenters. The average molecular weight is 379 g/mol. The maximum atomic E-state index is 12.9. The number of halogens is 2. The van der Waals surface area contributed by atoms with E-state index in [1.54, 1.807) is 0 Å². The average Bonchev–Trinajstić information content (AvgIpc) is 2.81. The lowest BCUT2D eigenvalue weighted by atomic mass is 10.1. The van der Waals surface area contributed by atoms with E-state index in [2.05, 4.69) is 4.90 Å². The molecular formula is C14H16Cl2N2O4S. The van der Waals surface area contributed by atoms with E-state index < -0.39 is 22.0 Å². The molecule has 1 N–H and O–H groups in total. The van der Waals surface area contributed by atoms with Crippen molar-refractivity contribution in [1.82, 2.24) is 9.21 Å². The van der Waals surface area contributed by atoms with Gasteiger partial charge >= 0.3 is 5.97 Å². The number of sulfonamides is 1. The molecule has 0 spiro atoms. The first-order valence-corrected chi connectivity index (χ1v) is 9.43. The molecule has 1 unspecified atom stereocenters. The number of hydrogen-bond donors (Lipinski definition) is 1. The third-order valence-corrected chi connectivity index (χ3v) is 6.66. The van der Waals surface area contributed by atoms with Crippen LogP contribution in [0.25, 0.3) is 0 Å². The minimum Gasteiger partial charge on any atom is -0.480 e. The first-order chi connectivity index (χ1) is 10.8. The number of hydrogen-bond acceptors (Lipinski definition) is 4. The molecule has 9 heteroatoms. The number of carboxylic acids is 1. The third-order valence-electron chi connectivity index (χ3n) is 4.37. The van der Waals surface area contributed by atoms with Crippen LogP contribution in [0, 0.1) is 0 Å². The van der Waals surface area contributed by atoms with Crippen LogP contribution in [0.1, 0.15) is 12.8 Å². The Morgan fingerprint density at radius 1 is 1.17 bits per heavy atom. The minimum absolute atomic E-state index is 0.0609. The summed E-state index contributed by atoms with van der Waals surface area (Å²) in [6, 6.07) is 2.89. The Hall–Kier alpha value is -0.860. The molecule has 1 aromatic carbocycles. The van der Waals surface area contributed by atoms with Crippen LogP contribution in [0.5, 0.6) is 0 Å². The fourth-order valence-electron chi connectivity index (χ4n) is 3.06. The minimum atomic E-state index is -3.97. The van der Waals surface area contributed by atoms with E-state index in [0.717, 1.165) is 23.8 Å². The van der Waals surface area contributed by atoms with Crippen LogP contribution in [0.2, 0.25) is 10.0 Å². The van der Waals surface area contributed by atoms with Gasteiger partial charge in [0.15, 0.2) is 0 Å². The molecule has 2 aliphatic rings. The van der Waals surface area contributed by atoms with E-state index in [4.69, 9.17) is 23.2 Å². The van der Waals surface area contributed by atoms with Crippen molar-refractivity contribution in [3.63, 3.8) is 0 Å². The Kier molecular flexibility index (Phi) is 4.59. The maximum Gasteiger partial charge on any atom is 0.322 e. The molecule has 2 heterocycles. The number of benzene rings is 1. The monoisotopic (exact) mass is 378 g/mol. The largest absolute Gasteiger partial charge is 0.480 e. The zero-order valence-electron chi connectivity index (χ0n) is 12.2.